The number of aromatic nitrogens is 2. The van der Waals surface area contributed by atoms with Gasteiger partial charge in [-0.3, -0.25) is 20.1 Å². The van der Waals surface area contributed by atoms with Crippen LogP contribution in [0.25, 0.3) is 0 Å². The zero-order chi connectivity index (χ0) is 14.6. The maximum Gasteiger partial charge on any atom is 0.413 e. The van der Waals surface area contributed by atoms with E-state index in [2.05, 4.69) is 10.4 Å². The van der Waals surface area contributed by atoms with Crippen molar-refractivity contribution < 1.29 is 18.8 Å². The highest BCUT2D eigenvalue weighted by atomic mass is 19.1. The summed E-state index contributed by atoms with van der Waals surface area (Å²) in [4.78, 5) is 21.5. The van der Waals surface area contributed by atoms with Crippen LogP contribution in [0.5, 0.6) is 0 Å². The Bertz CT molecular complexity index is 480. The lowest BCUT2D eigenvalue weighted by Crippen LogP contribution is -2.27. The topological polar surface area (TPSA) is 99.3 Å². The third-order valence-electron chi connectivity index (χ3n) is 1.87. The summed E-state index contributed by atoms with van der Waals surface area (Å²) < 4.78 is 18.2. The van der Waals surface area contributed by atoms with Crippen LogP contribution in [0.3, 0.4) is 0 Å². The van der Waals surface area contributed by atoms with Crippen LogP contribution in [0.1, 0.15) is 20.8 Å². The number of nitrogens with zero attached hydrogens (tertiary/aromatic N) is 3. The molecule has 0 aromatic carbocycles. The second kappa shape index (κ2) is 5.63. The minimum absolute atomic E-state index is 0.128. The van der Waals surface area contributed by atoms with Crippen molar-refractivity contribution in [2.45, 2.75) is 32.9 Å². The summed E-state index contributed by atoms with van der Waals surface area (Å²) in [5.41, 5.74) is -1.15. The van der Waals surface area contributed by atoms with Crippen molar-refractivity contribution in [1.29, 1.82) is 0 Å². The Kier molecular flexibility index (Phi) is 4.41. The lowest BCUT2D eigenvalue weighted by atomic mass is 10.2. The summed E-state index contributed by atoms with van der Waals surface area (Å²) in [5, 5.41) is 16.7. The van der Waals surface area contributed by atoms with Crippen molar-refractivity contribution >= 4 is 17.6 Å². The highest BCUT2D eigenvalue weighted by molar-refractivity contribution is 5.86. The van der Waals surface area contributed by atoms with Crippen molar-refractivity contribution in [3.8, 4) is 0 Å². The van der Waals surface area contributed by atoms with Crippen LogP contribution in [0, 0.1) is 10.1 Å². The number of amides is 1. The first-order chi connectivity index (χ1) is 8.73. The number of anilines is 1. The van der Waals surface area contributed by atoms with Gasteiger partial charge < -0.3 is 4.74 Å². The number of rotatable bonds is 4. The van der Waals surface area contributed by atoms with Crippen molar-refractivity contribution in [2.24, 2.45) is 0 Å². The highest BCUT2D eigenvalue weighted by Crippen LogP contribution is 2.22. The second-order valence-corrected chi connectivity index (χ2v) is 4.70. The molecule has 0 aliphatic rings. The molecule has 0 spiro atoms. The fourth-order valence-corrected chi connectivity index (χ4v) is 1.23. The number of ether oxygens (including phenoxy) is 1. The van der Waals surface area contributed by atoms with Gasteiger partial charge in [0, 0.05) is 0 Å². The van der Waals surface area contributed by atoms with Crippen LogP contribution < -0.4 is 5.32 Å². The molecule has 106 valence electrons. The zero-order valence-corrected chi connectivity index (χ0v) is 10.8. The molecule has 0 radical (unpaired) electrons. The fraction of sp³-hybridized carbons (Fsp3) is 0.600. The lowest BCUT2D eigenvalue weighted by Gasteiger charge is -2.18. The SMILES string of the molecule is CC(C)(C)OC(=O)Nc1nn(CCF)cc1[N+](=O)[O-]. The quantitative estimate of drug-likeness (QED) is 0.669. The Balaban J connectivity index is 2.87. The third kappa shape index (κ3) is 4.53. The summed E-state index contributed by atoms with van der Waals surface area (Å²) >= 11 is 0. The summed E-state index contributed by atoms with van der Waals surface area (Å²) in [6, 6.07) is 0. The summed E-state index contributed by atoms with van der Waals surface area (Å²) in [7, 11) is 0. The number of nitro groups is 1. The molecule has 1 N–H and O–H groups in total. The van der Waals surface area contributed by atoms with Gasteiger partial charge in [0.1, 0.15) is 18.5 Å². The highest BCUT2D eigenvalue weighted by Gasteiger charge is 2.24. The fourth-order valence-electron chi connectivity index (χ4n) is 1.23. The smallest absolute Gasteiger partial charge is 0.413 e. The van der Waals surface area contributed by atoms with Gasteiger partial charge in [0.15, 0.2) is 0 Å². The van der Waals surface area contributed by atoms with Crippen molar-refractivity contribution in [3.63, 3.8) is 0 Å². The van der Waals surface area contributed by atoms with Gasteiger partial charge in [-0.25, -0.2) is 9.18 Å². The molecule has 1 aromatic rings. The van der Waals surface area contributed by atoms with E-state index in [0.29, 0.717) is 0 Å². The number of aryl methyl sites for hydroxylation is 1. The predicted molar refractivity (Wildman–Crippen MR) is 64.7 cm³/mol. The Morgan fingerprint density at radius 3 is 2.74 bits per heavy atom. The molecule has 0 saturated carbocycles. The molecular weight excluding hydrogens is 259 g/mol. The molecule has 0 bridgehead atoms. The third-order valence-corrected chi connectivity index (χ3v) is 1.87. The Labute approximate surface area is 108 Å². The maximum atomic E-state index is 12.2. The molecular formula is C10H15FN4O4. The minimum Gasteiger partial charge on any atom is -0.444 e. The van der Waals surface area contributed by atoms with E-state index in [4.69, 9.17) is 4.74 Å². The van der Waals surface area contributed by atoms with Gasteiger partial charge in [-0.1, -0.05) is 0 Å². The van der Waals surface area contributed by atoms with E-state index in [1.807, 2.05) is 0 Å². The van der Waals surface area contributed by atoms with Gasteiger partial charge >= 0.3 is 11.8 Å². The van der Waals surface area contributed by atoms with Crippen LogP contribution >= 0.6 is 0 Å². The number of alkyl halides is 1. The van der Waals surface area contributed by atoms with Crippen molar-refractivity contribution in [1.82, 2.24) is 9.78 Å². The summed E-state index contributed by atoms with van der Waals surface area (Å²) in [6.07, 6.45) is 0.188. The Morgan fingerprint density at radius 2 is 2.26 bits per heavy atom. The number of halogens is 1. The number of carbonyl (C=O) groups excluding carboxylic acids is 1. The van der Waals surface area contributed by atoms with E-state index >= 15 is 0 Å². The van der Waals surface area contributed by atoms with Crippen LogP contribution in [0.2, 0.25) is 0 Å². The summed E-state index contributed by atoms with van der Waals surface area (Å²) in [5.74, 6) is -0.271. The molecule has 1 amide bonds. The summed E-state index contributed by atoms with van der Waals surface area (Å²) in [6.45, 7) is 4.12. The molecule has 0 unspecified atom stereocenters. The molecule has 8 nitrogen and oxygen atoms in total. The molecule has 0 atom stereocenters. The predicted octanol–water partition coefficient (Wildman–Crippen LogP) is 2.11. The van der Waals surface area contributed by atoms with Gasteiger partial charge in [0.25, 0.3) is 0 Å². The Hall–Kier alpha value is -2.19. The first-order valence-electron chi connectivity index (χ1n) is 5.51. The molecule has 1 heterocycles. The number of hydrogen-bond acceptors (Lipinski definition) is 5. The van der Waals surface area contributed by atoms with Crippen LogP contribution in [0.4, 0.5) is 20.7 Å². The van der Waals surface area contributed by atoms with E-state index in [0.717, 1.165) is 10.9 Å². The monoisotopic (exact) mass is 274 g/mol. The van der Waals surface area contributed by atoms with Crippen molar-refractivity contribution in [3.05, 3.63) is 16.3 Å². The zero-order valence-electron chi connectivity index (χ0n) is 10.8. The number of hydrogen-bond donors (Lipinski definition) is 1. The van der Waals surface area contributed by atoms with Gasteiger partial charge in [0.2, 0.25) is 5.82 Å². The minimum atomic E-state index is -0.860. The van der Waals surface area contributed by atoms with E-state index in [9.17, 15) is 19.3 Å². The van der Waals surface area contributed by atoms with Crippen molar-refractivity contribution in [2.75, 3.05) is 12.0 Å². The number of carbonyl (C=O) groups is 1. The van der Waals surface area contributed by atoms with Gasteiger partial charge in [0.05, 0.1) is 11.5 Å². The molecule has 0 fully saturated rings. The van der Waals surface area contributed by atoms with Gasteiger partial charge in [-0.05, 0) is 20.8 Å². The molecule has 0 saturated heterocycles. The van der Waals surface area contributed by atoms with E-state index < -0.39 is 29.0 Å². The molecule has 19 heavy (non-hydrogen) atoms. The van der Waals surface area contributed by atoms with Crippen LogP contribution in [-0.4, -0.2) is 33.1 Å². The Morgan fingerprint density at radius 1 is 1.63 bits per heavy atom. The maximum absolute atomic E-state index is 12.2. The standard InChI is InChI=1S/C10H15FN4O4/c1-10(2,3)19-9(16)12-8-7(15(17)18)6-14(13-8)5-4-11/h6H,4-5H2,1-3H3,(H,12,13,16). The first-order valence-corrected chi connectivity index (χ1v) is 5.51. The number of nitrogens with one attached hydrogen (secondary N) is 1. The van der Waals surface area contributed by atoms with Gasteiger partial charge in [-0.15, -0.1) is 5.10 Å². The average Bonchev–Trinajstić information content (AvgIpc) is 2.58. The first kappa shape index (κ1) is 14.9. The molecule has 0 aliphatic heterocycles. The lowest BCUT2D eigenvalue weighted by molar-refractivity contribution is -0.384. The van der Waals surface area contributed by atoms with Crippen LogP contribution in [-0.2, 0) is 11.3 Å². The average molecular weight is 274 g/mol. The van der Waals surface area contributed by atoms with Gasteiger partial charge in [-0.2, -0.15) is 0 Å². The molecule has 9 heteroatoms. The van der Waals surface area contributed by atoms with E-state index in [1.54, 1.807) is 20.8 Å². The molecule has 1 aromatic heterocycles. The molecule has 0 aliphatic carbocycles. The molecule has 1 rings (SSSR count). The largest absolute Gasteiger partial charge is 0.444 e. The normalized spacial score (nSPS) is 11.2. The van der Waals surface area contributed by atoms with E-state index in [-0.39, 0.29) is 12.4 Å². The second-order valence-electron chi connectivity index (χ2n) is 4.70. The van der Waals surface area contributed by atoms with E-state index in [1.165, 1.54) is 0 Å². The van der Waals surface area contributed by atoms with Crippen LogP contribution in [0.15, 0.2) is 6.20 Å².